The molecule has 0 amide bonds. The summed E-state index contributed by atoms with van der Waals surface area (Å²) in [5.74, 6) is 0.934. The van der Waals surface area contributed by atoms with Crippen molar-refractivity contribution in [3.8, 4) is 11.5 Å². The molecule has 1 aromatic heterocycles. The maximum Gasteiger partial charge on any atom is 0.243 e. The van der Waals surface area contributed by atoms with E-state index in [0.29, 0.717) is 11.7 Å². The minimum absolute atomic E-state index is 0.0686. The van der Waals surface area contributed by atoms with Gasteiger partial charge in [0.15, 0.2) is 11.5 Å². The number of aromatic hydroxyl groups is 1. The highest BCUT2D eigenvalue weighted by Crippen LogP contribution is 2.25. The molecular formula is C14H16N4O2. The van der Waals surface area contributed by atoms with Crippen molar-refractivity contribution >= 4 is 12.2 Å². The zero-order valence-corrected chi connectivity index (χ0v) is 11.6. The minimum atomic E-state index is 0.0686. The van der Waals surface area contributed by atoms with Gasteiger partial charge in [-0.2, -0.15) is 5.10 Å². The maximum absolute atomic E-state index is 9.65. The molecule has 0 aliphatic carbocycles. The molecule has 104 valence electrons. The number of phenolic OH excluding ortho intramolecular Hbond substituents is 1. The van der Waals surface area contributed by atoms with Gasteiger partial charge in [0.05, 0.1) is 13.3 Å². The number of aryl methyl sites for hydroxylation is 2. The Kier molecular flexibility index (Phi) is 4.14. The highest BCUT2D eigenvalue weighted by Gasteiger charge is 2.01. The van der Waals surface area contributed by atoms with E-state index in [9.17, 15) is 5.11 Å². The molecule has 2 N–H and O–H groups in total. The standard InChI is InChI=1S/C14H16N4O2/c1-9-6-10(2)17-14(16-9)18-15-8-11-4-5-13(20-3)12(19)7-11/h4-8,19H,1-3H3,(H,16,17,18)/b15-8-. The average molecular weight is 272 g/mol. The second kappa shape index (κ2) is 6.01. The van der Waals surface area contributed by atoms with Gasteiger partial charge in [0.25, 0.3) is 0 Å². The van der Waals surface area contributed by atoms with Gasteiger partial charge in [-0.15, -0.1) is 0 Å². The summed E-state index contributed by atoms with van der Waals surface area (Å²) < 4.78 is 4.97. The van der Waals surface area contributed by atoms with Crippen LogP contribution in [0.3, 0.4) is 0 Å². The molecule has 1 heterocycles. The maximum atomic E-state index is 9.65. The summed E-state index contributed by atoms with van der Waals surface area (Å²) >= 11 is 0. The quantitative estimate of drug-likeness (QED) is 0.659. The van der Waals surface area contributed by atoms with Gasteiger partial charge in [0.2, 0.25) is 5.95 Å². The van der Waals surface area contributed by atoms with Crippen molar-refractivity contribution in [3.63, 3.8) is 0 Å². The molecule has 0 saturated carbocycles. The third kappa shape index (κ3) is 3.44. The molecule has 6 heteroatoms. The first kappa shape index (κ1) is 13.8. The first-order valence-electron chi connectivity index (χ1n) is 6.07. The molecule has 0 aliphatic heterocycles. The lowest BCUT2D eigenvalue weighted by Crippen LogP contribution is -1.99. The van der Waals surface area contributed by atoms with E-state index < -0.39 is 0 Å². The van der Waals surface area contributed by atoms with Crippen LogP contribution in [0.1, 0.15) is 17.0 Å². The summed E-state index contributed by atoms with van der Waals surface area (Å²) in [6, 6.07) is 6.90. The molecule has 0 bridgehead atoms. The average Bonchev–Trinajstić information content (AvgIpc) is 2.38. The van der Waals surface area contributed by atoms with Gasteiger partial charge >= 0.3 is 0 Å². The van der Waals surface area contributed by atoms with Crippen LogP contribution in [0.25, 0.3) is 0 Å². The molecule has 6 nitrogen and oxygen atoms in total. The Morgan fingerprint density at radius 2 is 1.90 bits per heavy atom. The highest BCUT2D eigenvalue weighted by molar-refractivity contribution is 5.81. The first-order valence-corrected chi connectivity index (χ1v) is 6.07. The Bertz CT molecular complexity index is 621. The van der Waals surface area contributed by atoms with Gasteiger partial charge in [-0.25, -0.2) is 15.4 Å². The number of ether oxygens (including phenoxy) is 1. The Labute approximate surface area is 117 Å². The summed E-state index contributed by atoms with van der Waals surface area (Å²) in [6.07, 6.45) is 1.57. The van der Waals surface area contributed by atoms with Gasteiger partial charge in [-0.1, -0.05) is 0 Å². The lowest BCUT2D eigenvalue weighted by atomic mass is 10.2. The fraction of sp³-hybridized carbons (Fsp3) is 0.214. The predicted molar refractivity (Wildman–Crippen MR) is 77.4 cm³/mol. The molecule has 0 aliphatic rings. The van der Waals surface area contributed by atoms with E-state index in [1.807, 2.05) is 19.9 Å². The van der Waals surface area contributed by atoms with Crippen LogP contribution < -0.4 is 10.2 Å². The molecule has 0 atom stereocenters. The minimum Gasteiger partial charge on any atom is -0.504 e. The smallest absolute Gasteiger partial charge is 0.243 e. The lowest BCUT2D eigenvalue weighted by molar-refractivity contribution is 0.373. The number of aromatic nitrogens is 2. The lowest BCUT2D eigenvalue weighted by Gasteiger charge is -2.03. The number of anilines is 1. The zero-order valence-electron chi connectivity index (χ0n) is 11.6. The van der Waals surface area contributed by atoms with E-state index >= 15 is 0 Å². The van der Waals surface area contributed by atoms with Gasteiger partial charge in [0.1, 0.15) is 0 Å². The second-order valence-corrected chi connectivity index (χ2v) is 4.28. The van der Waals surface area contributed by atoms with Crippen LogP contribution in [0.2, 0.25) is 0 Å². The first-order chi connectivity index (χ1) is 9.58. The van der Waals surface area contributed by atoms with Crippen LogP contribution in [0.15, 0.2) is 29.4 Å². The van der Waals surface area contributed by atoms with Crippen molar-refractivity contribution in [1.82, 2.24) is 9.97 Å². The van der Waals surface area contributed by atoms with Gasteiger partial charge in [-0.05, 0) is 43.7 Å². The molecule has 2 aromatic rings. The van der Waals surface area contributed by atoms with Gasteiger partial charge < -0.3 is 9.84 Å². The largest absolute Gasteiger partial charge is 0.504 e. The van der Waals surface area contributed by atoms with Crippen molar-refractivity contribution in [1.29, 1.82) is 0 Å². The van der Waals surface area contributed by atoms with Crippen LogP contribution >= 0.6 is 0 Å². The van der Waals surface area contributed by atoms with E-state index in [0.717, 1.165) is 17.0 Å². The van der Waals surface area contributed by atoms with E-state index in [1.54, 1.807) is 24.4 Å². The molecule has 0 unspecified atom stereocenters. The number of hydrogen-bond donors (Lipinski definition) is 2. The summed E-state index contributed by atoms with van der Waals surface area (Å²) in [6.45, 7) is 3.79. The van der Waals surface area contributed by atoms with E-state index in [2.05, 4.69) is 20.5 Å². The molecule has 1 aromatic carbocycles. The Morgan fingerprint density at radius 1 is 1.20 bits per heavy atom. The van der Waals surface area contributed by atoms with Crippen molar-refractivity contribution in [3.05, 3.63) is 41.2 Å². The third-order valence-electron chi connectivity index (χ3n) is 2.56. The Hall–Kier alpha value is -2.63. The van der Waals surface area contributed by atoms with Crippen molar-refractivity contribution in [2.45, 2.75) is 13.8 Å². The van der Waals surface area contributed by atoms with E-state index in [1.165, 1.54) is 7.11 Å². The van der Waals surface area contributed by atoms with Crippen LogP contribution in [0, 0.1) is 13.8 Å². The van der Waals surface area contributed by atoms with Crippen LogP contribution in [-0.2, 0) is 0 Å². The summed E-state index contributed by atoms with van der Waals surface area (Å²) in [4.78, 5) is 8.41. The topological polar surface area (TPSA) is 79.6 Å². The molecule has 0 radical (unpaired) electrons. The van der Waals surface area contributed by atoms with E-state index in [4.69, 9.17) is 4.74 Å². The van der Waals surface area contributed by atoms with Crippen LogP contribution in [0.5, 0.6) is 11.5 Å². The van der Waals surface area contributed by atoms with Crippen molar-refractivity contribution in [2.24, 2.45) is 5.10 Å². The fourth-order valence-electron chi connectivity index (χ4n) is 1.73. The predicted octanol–water partition coefficient (Wildman–Crippen LogP) is 2.25. The van der Waals surface area contributed by atoms with Gasteiger partial charge in [0, 0.05) is 11.4 Å². The molecule has 0 spiro atoms. The fourth-order valence-corrected chi connectivity index (χ4v) is 1.73. The SMILES string of the molecule is COc1ccc(/C=N\Nc2nc(C)cc(C)n2)cc1O. The summed E-state index contributed by atoms with van der Waals surface area (Å²) in [5.41, 5.74) is 5.24. The number of rotatable bonds is 4. The number of benzene rings is 1. The highest BCUT2D eigenvalue weighted by atomic mass is 16.5. The second-order valence-electron chi connectivity index (χ2n) is 4.28. The number of hydrogen-bond acceptors (Lipinski definition) is 6. The summed E-state index contributed by atoms with van der Waals surface area (Å²) in [5, 5.41) is 13.7. The monoisotopic (exact) mass is 272 g/mol. The number of phenols is 1. The number of nitrogens with zero attached hydrogens (tertiary/aromatic N) is 3. The van der Waals surface area contributed by atoms with Crippen molar-refractivity contribution < 1.29 is 9.84 Å². The van der Waals surface area contributed by atoms with E-state index in [-0.39, 0.29) is 5.75 Å². The van der Waals surface area contributed by atoms with Crippen LogP contribution in [-0.4, -0.2) is 28.4 Å². The number of methoxy groups -OCH3 is 1. The molecule has 2 rings (SSSR count). The normalized spacial score (nSPS) is 10.8. The van der Waals surface area contributed by atoms with Crippen LogP contribution in [0.4, 0.5) is 5.95 Å². The Morgan fingerprint density at radius 3 is 2.50 bits per heavy atom. The molecule has 0 saturated heterocycles. The number of hydrazone groups is 1. The zero-order chi connectivity index (χ0) is 14.5. The molecule has 0 fully saturated rings. The number of nitrogens with one attached hydrogen (secondary N) is 1. The van der Waals surface area contributed by atoms with Gasteiger partial charge in [-0.3, -0.25) is 0 Å². The Balaban J connectivity index is 2.08. The summed E-state index contributed by atoms with van der Waals surface area (Å²) in [7, 11) is 1.50. The molecule has 20 heavy (non-hydrogen) atoms. The molecular weight excluding hydrogens is 256 g/mol. The third-order valence-corrected chi connectivity index (χ3v) is 2.56. The van der Waals surface area contributed by atoms with Crippen molar-refractivity contribution in [2.75, 3.05) is 12.5 Å².